The first kappa shape index (κ1) is 19.8. The molecule has 1 fully saturated rings. The zero-order chi connectivity index (χ0) is 20.4. The van der Waals surface area contributed by atoms with E-state index in [1.54, 1.807) is 0 Å². The molecule has 0 saturated carbocycles. The molecule has 0 bridgehead atoms. The Hall–Kier alpha value is -2.47. The van der Waals surface area contributed by atoms with E-state index in [1.807, 2.05) is 6.92 Å². The van der Waals surface area contributed by atoms with Crippen molar-refractivity contribution in [3.8, 4) is 11.5 Å². The van der Waals surface area contributed by atoms with Gasteiger partial charge in [0.05, 0.1) is 11.1 Å². The summed E-state index contributed by atoms with van der Waals surface area (Å²) in [4.78, 5) is 11.9. The average Bonchev–Trinajstić information content (AvgIpc) is 3.17. The zero-order valence-corrected chi connectivity index (χ0v) is 17.9. The number of pyridine rings is 1. The number of anilines is 1. The Bertz CT molecular complexity index is 973. The molecule has 29 heavy (non-hydrogen) atoms. The molecule has 2 aromatic heterocycles. The lowest BCUT2D eigenvalue weighted by molar-refractivity contribution is 0.391. The average molecular weight is 394 g/mol. The lowest BCUT2D eigenvalue weighted by Crippen LogP contribution is -2.44. The molecule has 1 N–H and O–H groups in total. The van der Waals surface area contributed by atoms with Crippen LogP contribution in [0.15, 0.2) is 28.8 Å². The number of fused-ring (bicyclic) bond motifs is 1. The molecule has 0 unspecified atom stereocenters. The molecule has 0 spiro atoms. The second-order valence-electron chi connectivity index (χ2n) is 8.45. The molecule has 1 saturated heterocycles. The largest absolute Gasteiger partial charge is 0.356 e. The Balaban J connectivity index is 1.66. The lowest BCUT2D eigenvalue weighted by atomic mass is 10.0. The fraction of sp³-hybridized carbons (Fsp3) is 0.522. The molecule has 6 heteroatoms. The molecular weight excluding hydrogens is 362 g/mol. The molecule has 6 nitrogen and oxygen atoms in total. The van der Waals surface area contributed by atoms with Crippen LogP contribution in [0.5, 0.6) is 0 Å². The number of hydrogen-bond donors (Lipinski definition) is 1. The van der Waals surface area contributed by atoms with E-state index < -0.39 is 0 Å². The van der Waals surface area contributed by atoms with Crippen LogP contribution >= 0.6 is 0 Å². The van der Waals surface area contributed by atoms with E-state index in [4.69, 9.17) is 9.51 Å². The van der Waals surface area contributed by atoms with Crippen LogP contribution in [-0.2, 0) is 6.42 Å². The minimum Gasteiger partial charge on any atom is -0.356 e. The van der Waals surface area contributed by atoms with Gasteiger partial charge < -0.3 is 14.7 Å². The Morgan fingerprint density at radius 1 is 1.17 bits per heavy atom. The van der Waals surface area contributed by atoms with Gasteiger partial charge in [0.2, 0.25) is 0 Å². The van der Waals surface area contributed by atoms with Crippen LogP contribution in [-0.4, -0.2) is 40.8 Å². The van der Waals surface area contributed by atoms with Crippen molar-refractivity contribution in [2.75, 3.05) is 24.5 Å². The fourth-order valence-electron chi connectivity index (χ4n) is 3.94. The number of nitrogens with one attached hydrogen (secondary N) is 1. The summed E-state index contributed by atoms with van der Waals surface area (Å²) in [6.07, 6.45) is 3.23. The topological polar surface area (TPSA) is 67.1 Å². The van der Waals surface area contributed by atoms with Crippen molar-refractivity contribution in [3.05, 3.63) is 35.7 Å². The quantitative estimate of drug-likeness (QED) is 0.671. The van der Waals surface area contributed by atoms with E-state index in [2.05, 4.69) is 65.4 Å². The molecule has 1 aromatic carbocycles. The van der Waals surface area contributed by atoms with Crippen molar-refractivity contribution in [3.63, 3.8) is 0 Å². The van der Waals surface area contributed by atoms with Gasteiger partial charge in [0.25, 0.3) is 5.89 Å². The molecule has 3 heterocycles. The number of piperidine rings is 1. The first-order valence-electron chi connectivity index (χ1n) is 10.8. The van der Waals surface area contributed by atoms with Crippen molar-refractivity contribution in [2.45, 2.75) is 53.0 Å². The normalized spacial score (nSPS) is 15.6. The van der Waals surface area contributed by atoms with Gasteiger partial charge in [-0.05, 0) is 62.4 Å². The predicted molar refractivity (Wildman–Crippen MR) is 117 cm³/mol. The highest BCUT2D eigenvalue weighted by Gasteiger charge is 2.24. The van der Waals surface area contributed by atoms with Gasteiger partial charge in [0.1, 0.15) is 5.82 Å². The lowest BCUT2D eigenvalue weighted by Gasteiger charge is -2.34. The predicted octanol–water partition coefficient (Wildman–Crippen LogP) is 4.37. The van der Waals surface area contributed by atoms with Gasteiger partial charge in [-0.25, -0.2) is 4.98 Å². The molecule has 1 aliphatic heterocycles. The van der Waals surface area contributed by atoms with E-state index >= 15 is 0 Å². The van der Waals surface area contributed by atoms with Crippen LogP contribution in [0.1, 0.15) is 45.0 Å². The summed E-state index contributed by atoms with van der Waals surface area (Å²) < 4.78 is 5.53. The summed E-state index contributed by atoms with van der Waals surface area (Å²) in [6, 6.07) is 9.23. The monoisotopic (exact) mass is 393 g/mol. The van der Waals surface area contributed by atoms with Crippen LogP contribution in [0.2, 0.25) is 0 Å². The van der Waals surface area contributed by atoms with E-state index in [-0.39, 0.29) is 0 Å². The second kappa shape index (κ2) is 8.49. The van der Waals surface area contributed by atoms with Gasteiger partial charge in [0.15, 0.2) is 5.82 Å². The second-order valence-corrected chi connectivity index (χ2v) is 8.45. The van der Waals surface area contributed by atoms with Crippen LogP contribution in [0, 0.1) is 12.8 Å². The number of aromatic nitrogens is 3. The molecule has 0 radical (unpaired) electrons. The minimum absolute atomic E-state index is 0.550. The number of hydrogen-bond acceptors (Lipinski definition) is 6. The molecule has 154 valence electrons. The maximum atomic E-state index is 5.53. The van der Waals surface area contributed by atoms with Gasteiger partial charge >= 0.3 is 0 Å². The first-order valence-corrected chi connectivity index (χ1v) is 10.8. The number of benzene rings is 1. The molecule has 0 amide bonds. The van der Waals surface area contributed by atoms with Crippen LogP contribution in [0.25, 0.3) is 22.4 Å². The SMILES string of the molecule is CCc1ccc2nc(N3CCC(NCC(C)C)CC3)c(-c3nc(C)no3)cc2c1. The third-order valence-electron chi connectivity index (χ3n) is 5.63. The van der Waals surface area contributed by atoms with Crippen molar-refractivity contribution in [2.24, 2.45) is 5.92 Å². The van der Waals surface area contributed by atoms with Gasteiger partial charge in [-0.1, -0.05) is 32.0 Å². The van der Waals surface area contributed by atoms with Crippen molar-refractivity contribution in [1.82, 2.24) is 20.4 Å². The molecule has 3 aromatic rings. The molecule has 0 atom stereocenters. The summed E-state index contributed by atoms with van der Waals surface area (Å²) in [5.74, 6) is 2.82. The third-order valence-corrected chi connectivity index (χ3v) is 5.63. The highest BCUT2D eigenvalue weighted by Crippen LogP contribution is 2.33. The summed E-state index contributed by atoms with van der Waals surface area (Å²) in [5.41, 5.74) is 3.24. The molecule has 4 rings (SSSR count). The van der Waals surface area contributed by atoms with Crippen molar-refractivity contribution >= 4 is 16.7 Å². The zero-order valence-electron chi connectivity index (χ0n) is 17.9. The van der Waals surface area contributed by atoms with Crippen LogP contribution in [0.4, 0.5) is 5.82 Å². The maximum absolute atomic E-state index is 5.53. The van der Waals surface area contributed by atoms with Gasteiger partial charge in [0, 0.05) is 24.5 Å². The standard InChI is InChI=1S/C23H31N5O/c1-5-17-6-7-21-18(12-17)13-20(23-25-16(4)27-29-23)22(26-21)28-10-8-19(9-11-28)24-14-15(2)3/h6-7,12-13,15,19,24H,5,8-11,14H2,1-4H3. The Kier molecular flexibility index (Phi) is 5.81. The maximum Gasteiger partial charge on any atom is 0.261 e. The van der Waals surface area contributed by atoms with E-state index in [9.17, 15) is 0 Å². The summed E-state index contributed by atoms with van der Waals surface area (Å²) in [7, 11) is 0. The van der Waals surface area contributed by atoms with E-state index in [1.165, 1.54) is 5.56 Å². The Morgan fingerprint density at radius 3 is 2.62 bits per heavy atom. The third kappa shape index (κ3) is 4.42. The highest BCUT2D eigenvalue weighted by atomic mass is 16.5. The fourth-order valence-corrected chi connectivity index (χ4v) is 3.94. The summed E-state index contributed by atoms with van der Waals surface area (Å²) >= 11 is 0. The Labute approximate surface area is 172 Å². The van der Waals surface area contributed by atoms with Crippen molar-refractivity contribution in [1.29, 1.82) is 0 Å². The minimum atomic E-state index is 0.550. The number of nitrogens with zero attached hydrogens (tertiary/aromatic N) is 4. The number of aryl methyl sites for hydroxylation is 2. The smallest absolute Gasteiger partial charge is 0.261 e. The summed E-state index contributed by atoms with van der Waals surface area (Å²) in [6.45, 7) is 11.5. The van der Waals surface area contributed by atoms with E-state index in [0.717, 1.165) is 61.2 Å². The first-order chi connectivity index (χ1) is 14.0. The molecule has 0 aliphatic carbocycles. The van der Waals surface area contributed by atoms with Gasteiger partial charge in [-0.2, -0.15) is 4.98 Å². The van der Waals surface area contributed by atoms with Crippen molar-refractivity contribution < 1.29 is 4.52 Å². The Morgan fingerprint density at radius 2 is 1.97 bits per heavy atom. The molecule has 1 aliphatic rings. The van der Waals surface area contributed by atoms with Crippen LogP contribution in [0.3, 0.4) is 0 Å². The van der Waals surface area contributed by atoms with Crippen LogP contribution < -0.4 is 10.2 Å². The van der Waals surface area contributed by atoms with Gasteiger partial charge in [-0.3, -0.25) is 0 Å². The van der Waals surface area contributed by atoms with Gasteiger partial charge in [-0.15, -0.1) is 0 Å². The molecular formula is C23H31N5O. The number of rotatable bonds is 6. The summed E-state index contributed by atoms with van der Waals surface area (Å²) in [5, 5.41) is 8.82. The van der Waals surface area contributed by atoms with E-state index in [0.29, 0.717) is 23.7 Å². The highest BCUT2D eigenvalue weighted by molar-refractivity contribution is 5.88.